The molecule has 0 saturated heterocycles. The van der Waals surface area contributed by atoms with Gasteiger partial charge in [0.05, 0.1) is 20.3 Å². The molecule has 0 radical (unpaired) electrons. The largest absolute Gasteiger partial charge is 0.494 e. The fourth-order valence-electron chi connectivity index (χ4n) is 2.24. The van der Waals surface area contributed by atoms with Crippen molar-refractivity contribution in [2.45, 2.75) is 13.5 Å². The lowest BCUT2D eigenvalue weighted by Crippen LogP contribution is -2.29. The average molecular weight is 329 g/mol. The smallest absolute Gasteiger partial charge is 0.238 e. The van der Waals surface area contributed by atoms with Crippen molar-refractivity contribution in [2.75, 3.05) is 32.6 Å². The van der Waals surface area contributed by atoms with E-state index in [0.717, 1.165) is 17.0 Å². The van der Waals surface area contributed by atoms with Crippen LogP contribution in [0.2, 0.25) is 0 Å². The van der Waals surface area contributed by atoms with Crippen molar-refractivity contribution < 1.29 is 14.3 Å². The normalized spacial score (nSPS) is 10.5. The molecule has 2 aromatic rings. The first-order chi connectivity index (χ1) is 11.6. The molecule has 1 heterocycles. The summed E-state index contributed by atoms with van der Waals surface area (Å²) in [6.45, 7) is 3.48. The number of aromatic nitrogens is 1. The lowest BCUT2D eigenvalue weighted by Gasteiger charge is -2.16. The minimum Gasteiger partial charge on any atom is -0.494 e. The van der Waals surface area contributed by atoms with E-state index in [2.05, 4.69) is 10.3 Å². The number of hydrogen-bond donors (Lipinski definition) is 1. The molecule has 0 spiro atoms. The molecule has 0 aliphatic carbocycles. The van der Waals surface area contributed by atoms with Crippen molar-refractivity contribution in [3.05, 3.63) is 48.2 Å². The fraction of sp³-hybridized carbons (Fsp3) is 0.333. The van der Waals surface area contributed by atoms with E-state index < -0.39 is 0 Å². The summed E-state index contributed by atoms with van der Waals surface area (Å²) >= 11 is 0. The molecule has 1 N–H and O–H groups in total. The van der Waals surface area contributed by atoms with Gasteiger partial charge in [0.25, 0.3) is 0 Å². The lowest BCUT2D eigenvalue weighted by atomic mass is 10.2. The van der Waals surface area contributed by atoms with Gasteiger partial charge in [-0.15, -0.1) is 0 Å². The van der Waals surface area contributed by atoms with Crippen LogP contribution in [0.25, 0.3) is 0 Å². The number of nitrogens with zero attached hydrogens (tertiary/aromatic N) is 2. The standard InChI is InChI=1S/C18H23N3O3/c1-4-24-16-8-6-15(7-9-16)20-17(22)13-21(2)12-14-5-10-18(23-3)19-11-14/h5-11H,4,12-13H2,1-3H3,(H,20,22). The quantitative estimate of drug-likeness (QED) is 0.806. The van der Waals surface area contributed by atoms with Crippen molar-refractivity contribution in [2.24, 2.45) is 0 Å². The van der Waals surface area contributed by atoms with Gasteiger partial charge in [-0.25, -0.2) is 4.98 Å². The van der Waals surface area contributed by atoms with Gasteiger partial charge in [-0.05, 0) is 43.8 Å². The number of anilines is 1. The number of carbonyl (C=O) groups excluding carboxylic acids is 1. The molecule has 128 valence electrons. The summed E-state index contributed by atoms with van der Waals surface area (Å²) in [7, 11) is 3.47. The van der Waals surface area contributed by atoms with E-state index in [1.807, 2.05) is 55.3 Å². The monoisotopic (exact) mass is 329 g/mol. The highest BCUT2D eigenvalue weighted by Crippen LogP contribution is 2.15. The van der Waals surface area contributed by atoms with Crippen LogP contribution in [0.1, 0.15) is 12.5 Å². The van der Waals surface area contributed by atoms with Gasteiger partial charge in [0.2, 0.25) is 11.8 Å². The third-order valence-electron chi connectivity index (χ3n) is 3.32. The molecule has 6 nitrogen and oxygen atoms in total. The number of carbonyl (C=O) groups is 1. The summed E-state index contributed by atoms with van der Waals surface area (Å²) in [5.41, 5.74) is 1.77. The number of ether oxygens (including phenoxy) is 2. The molecule has 0 unspecified atom stereocenters. The maximum Gasteiger partial charge on any atom is 0.238 e. The van der Waals surface area contributed by atoms with E-state index in [9.17, 15) is 4.79 Å². The molecule has 0 fully saturated rings. The van der Waals surface area contributed by atoms with Crippen LogP contribution in [0.4, 0.5) is 5.69 Å². The Hall–Kier alpha value is -2.60. The number of methoxy groups -OCH3 is 1. The maximum atomic E-state index is 12.1. The molecule has 0 aliphatic rings. The maximum absolute atomic E-state index is 12.1. The molecular formula is C18H23N3O3. The summed E-state index contributed by atoms with van der Waals surface area (Å²) in [5, 5.41) is 2.87. The highest BCUT2D eigenvalue weighted by atomic mass is 16.5. The van der Waals surface area contributed by atoms with Crippen LogP contribution >= 0.6 is 0 Å². The zero-order valence-electron chi connectivity index (χ0n) is 14.3. The Balaban J connectivity index is 1.82. The highest BCUT2D eigenvalue weighted by Gasteiger charge is 2.08. The zero-order chi connectivity index (χ0) is 17.4. The predicted octanol–water partition coefficient (Wildman–Crippen LogP) is 2.56. The Morgan fingerprint density at radius 2 is 1.96 bits per heavy atom. The first-order valence-electron chi connectivity index (χ1n) is 7.81. The van der Waals surface area contributed by atoms with E-state index in [1.54, 1.807) is 13.3 Å². The minimum absolute atomic E-state index is 0.0665. The number of nitrogens with one attached hydrogen (secondary N) is 1. The third kappa shape index (κ3) is 5.55. The first-order valence-corrected chi connectivity index (χ1v) is 7.81. The van der Waals surface area contributed by atoms with Gasteiger partial charge < -0.3 is 14.8 Å². The van der Waals surface area contributed by atoms with E-state index >= 15 is 0 Å². The van der Waals surface area contributed by atoms with Crippen LogP contribution < -0.4 is 14.8 Å². The van der Waals surface area contributed by atoms with Crippen molar-refractivity contribution in [1.29, 1.82) is 0 Å². The number of amides is 1. The summed E-state index contributed by atoms with van der Waals surface area (Å²) in [6.07, 6.45) is 1.75. The topological polar surface area (TPSA) is 63.7 Å². The fourth-order valence-corrected chi connectivity index (χ4v) is 2.24. The van der Waals surface area contributed by atoms with Crippen LogP contribution in [0.15, 0.2) is 42.6 Å². The van der Waals surface area contributed by atoms with E-state index in [4.69, 9.17) is 9.47 Å². The van der Waals surface area contributed by atoms with Crippen molar-refractivity contribution >= 4 is 11.6 Å². The second-order valence-corrected chi connectivity index (χ2v) is 5.39. The Kier molecular flexibility index (Phi) is 6.57. The van der Waals surface area contributed by atoms with Gasteiger partial charge in [-0.1, -0.05) is 6.07 Å². The average Bonchev–Trinajstić information content (AvgIpc) is 2.57. The summed E-state index contributed by atoms with van der Waals surface area (Å²) in [6, 6.07) is 11.1. The highest BCUT2D eigenvalue weighted by molar-refractivity contribution is 5.92. The van der Waals surface area contributed by atoms with Gasteiger partial charge in [-0.2, -0.15) is 0 Å². The molecule has 1 aromatic carbocycles. The summed E-state index contributed by atoms with van der Waals surface area (Å²) in [5.74, 6) is 1.30. The molecule has 0 bridgehead atoms. The number of rotatable bonds is 8. The molecule has 0 atom stereocenters. The Morgan fingerprint density at radius 3 is 2.54 bits per heavy atom. The molecule has 2 rings (SSSR count). The van der Waals surface area contributed by atoms with Gasteiger partial charge in [-0.3, -0.25) is 9.69 Å². The Morgan fingerprint density at radius 1 is 1.21 bits per heavy atom. The van der Waals surface area contributed by atoms with Crippen molar-refractivity contribution in [1.82, 2.24) is 9.88 Å². The molecule has 1 amide bonds. The number of pyridine rings is 1. The molecule has 0 saturated carbocycles. The van der Waals surface area contributed by atoms with Crippen LogP contribution in [0.5, 0.6) is 11.6 Å². The van der Waals surface area contributed by atoms with Gasteiger partial charge in [0.1, 0.15) is 5.75 Å². The number of likely N-dealkylation sites (N-methyl/N-ethyl adjacent to an activating group) is 1. The second-order valence-electron chi connectivity index (χ2n) is 5.39. The van der Waals surface area contributed by atoms with Crippen molar-refractivity contribution in [3.8, 4) is 11.6 Å². The minimum atomic E-state index is -0.0665. The van der Waals surface area contributed by atoms with E-state index in [1.165, 1.54) is 0 Å². The molecule has 24 heavy (non-hydrogen) atoms. The zero-order valence-corrected chi connectivity index (χ0v) is 14.3. The number of benzene rings is 1. The molecule has 6 heteroatoms. The van der Waals surface area contributed by atoms with Gasteiger partial charge >= 0.3 is 0 Å². The van der Waals surface area contributed by atoms with Crippen LogP contribution in [0.3, 0.4) is 0 Å². The SMILES string of the molecule is CCOc1ccc(NC(=O)CN(C)Cc2ccc(OC)nc2)cc1. The van der Waals surface area contributed by atoms with Crippen LogP contribution in [-0.4, -0.2) is 43.1 Å². The van der Waals surface area contributed by atoms with E-state index in [-0.39, 0.29) is 5.91 Å². The van der Waals surface area contributed by atoms with Gasteiger partial charge in [0.15, 0.2) is 0 Å². The van der Waals surface area contributed by atoms with Crippen LogP contribution in [0, 0.1) is 0 Å². The number of hydrogen-bond acceptors (Lipinski definition) is 5. The van der Waals surface area contributed by atoms with Crippen molar-refractivity contribution in [3.63, 3.8) is 0 Å². The summed E-state index contributed by atoms with van der Waals surface area (Å²) < 4.78 is 10.4. The summed E-state index contributed by atoms with van der Waals surface area (Å²) in [4.78, 5) is 18.2. The Labute approximate surface area is 142 Å². The predicted molar refractivity (Wildman–Crippen MR) is 93.4 cm³/mol. The molecule has 1 aromatic heterocycles. The molecule has 0 aliphatic heterocycles. The Bertz CT molecular complexity index is 642. The van der Waals surface area contributed by atoms with Crippen LogP contribution in [-0.2, 0) is 11.3 Å². The van der Waals surface area contributed by atoms with E-state index in [0.29, 0.717) is 25.6 Å². The lowest BCUT2D eigenvalue weighted by molar-refractivity contribution is -0.117. The first kappa shape index (κ1) is 17.7. The third-order valence-corrected chi connectivity index (χ3v) is 3.32. The second kappa shape index (κ2) is 8.88. The molecular weight excluding hydrogens is 306 g/mol. The van der Waals surface area contributed by atoms with Gasteiger partial charge in [0, 0.05) is 24.5 Å².